The van der Waals surface area contributed by atoms with Crippen molar-refractivity contribution >= 4 is 5.91 Å². The van der Waals surface area contributed by atoms with Gasteiger partial charge in [-0.2, -0.15) is 0 Å². The van der Waals surface area contributed by atoms with Crippen molar-refractivity contribution < 1.29 is 20.1 Å². The van der Waals surface area contributed by atoms with Crippen molar-refractivity contribution in [3.63, 3.8) is 0 Å². The fourth-order valence-corrected chi connectivity index (χ4v) is 4.34. The monoisotopic (exact) mass is 585 g/mol. The molecule has 0 radical (unpaired) electrons. The Bertz CT molecular complexity index is 781. The number of carbonyl (C=O) groups excluding carboxylic acids is 1. The van der Waals surface area contributed by atoms with Crippen LogP contribution >= 0.6 is 0 Å². The van der Waals surface area contributed by atoms with Crippen LogP contribution in [-0.4, -0.2) is 46.1 Å². The minimum Gasteiger partial charge on any atom is -0.394 e. The molecule has 3 atom stereocenters. The molecule has 0 aromatic heterocycles. The molecule has 5 heteroatoms. The van der Waals surface area contributed by atoms with E-state index in [0.717, 1.165) is 51.4 Å². The summed E-state index contributed by atoms with van der Waals surface area (Å²) in [7, 11) is 0. The average Bonchev–Trinajstić information content (AvgIpc) is 2.99. The van der Waals surface area contributed by atoms with Crippen LogP contribution in [0.3, 0.4) is 0 Å². The molecule has 0 saturated carbocycles. The molecule has 0 saturated heterocycles. The van der Waals surface area contributed by atoms with Crippen molar-refractivity contribution in [1.29, 1.82) is 0 Å². The molecule has 0 heterocycles. The summed E-state index contributed by atoms with van der Waals surface area (Å²) in [5, 5.41) is 32.2. The van der Waals surface area contributed by atoms with E-state index in [4.69, 9.17) is 0 Å². The number of unbranched alkanes of at least 4 members (excludes halogenated alkanes) is 11. The third-order valence-electron chi connectivity index (χ3n) is 7.10. The van der Waals surface area contributed by atoms with Crippen LogP contribution in [0.2, 0.25) is 0 Å². The van der Waals surface area contributed by atoms with Gasteiger partial charge in [-0.05, 0) is 51.4 Å². The predicted octanol–water partition coefficient (Wildman–Crippen LogP) is 8.58. The highest BCUT2D eigenvalue weighted by molar-refractivity contribution is 5.76. The molecule has 42 heavy (non-hydrogen) atoms. The fourth-order valence-electron chi connectivity index (χ4n) is 4.34. The summed E-state index contributed by atoms with van der Waals surface area (Å²) >= 11 is 0. The van der Waals surface area contributed by atoms with Crippen molar-refractivity contribution in [1.82, 2.24) is 5.32 Å². The van der Waals surface area contributed by atoms with Crippen LogP contribution < -0.4 is 5.32 Å². The molecule has 0 aliphatic rings. The lowest BCUT2D eigenvalue weighted by molar-refractivity contribution is -0.122. The van der Waals surface area contributed by atoms with Gasteiger partial charge in [0.05, 0.1) is 24.9 Å². The summed E-state index contributed by atoms with van der Waals surface area (Å²) in [6.45, 7) is 3.92. The Hall–Kier alpha value is -2.21. The van der Waals surface area contributed by atoms with Crippen LogP contribution in [-0.2, 0) is 4.79 Å². The zero-order valence-corrected chi connectivity index (χ0v) is 26.8. The van der Waals surface area contributed by atoms with Crippen LogP contribution in [0.5, 0.6) is 0 Å². The van der Waals surface area contributed by atoms with E-state index in [1.807, 2.05) is 25.2 Å². The highest BCUT2D eigenvalue weighted by Gasteiger charge is 2.17. The van der Waals surface area contributed by atoms with Gasteiger partial charge in [0, 0.05) is 6.42 Å². The maximum atomic E-state index is 12.2. The van der Waals surface area contributed by atoms with E-state index in [1.165, 1.54) is 57.8 Å². The molecule has 0 bridgehead atoms. The van der Waals surface area contributed by atoms with Crippen molar-refractivity contribution in [3.8, 4) is 0 Å². The van der Waals surface area contributed by atoms with Gasteiger partial charge in [0.25, 0.3) is 0 Å². The Kier molecular flexibility index (Phi) is 30.1. The minimum absolute atomic E-state index is 0.138. The molecule has 0 aliphatic carbocycles. The molecule has 240 valence electrons. The van der Waals surface area contributed by atoms with Gasteiger partial charge < -0.3 is 20.6 Å². The number of allylic oxidation sites excluding steroid dienone is 10. The maximum Gasteiger partial charge on any atom is 0.220 e. The molecule has 0 rings (SSSR count). The number of amides is 1. The van der Waals surface area contributed by atoms with E-state index >= 15 is 0 Å². The molecule has 5 nitrogen and oxygen atoms in total. The third kappa shape index (κ3) is 27.9. The Morgan fingerprint density at radius 2 is 1.19 bits per heavy atom. The molecule has 0 aromatic rings. The highest BCUT2D eigenvalue weighted by Crippen LogP contribution is 2.12. The van der Waals surface area contributed by atoms with Gasteiger partial charge in [0.15, 0.2) is 0 Å². The fraction of sp³-hybridized carbons (Fsp3) is 0.649. The zero-order chi connectivity index (χ0) is 30.9. The van der Waals surface area contributed by atoms with Crippen molar-refractivity contribution in [2.45, 2.75) is 148 Å². The molecular formula is C37H63NO4. The summed E-state index contributed by atoms with van der Waals surface area (Å²) in [5.74, 6) is -0.138. The third-order valence-corrected chi connectivity index (χ3v) is 7.10. The number of rotatable bonds is 28. The summed E-state index contributed by atoms with van der Waals surface area (Å²) in [4.78, 5) is 12.2. The molecular weight excluding hydrogens is 522 g/mol. The van der Waals surface area contributed by atoms with Crippen molar-refractivity contribution in [2.75, 3.05) is 6.61 Å². The van der Waals surface area contributed by atoms with Gasteiger partial charge in [-0.3, -0.25) is 4.79 Å². The Morgan fingerprint density at radius 3 is 1.79 bits per heavy atom. The maximum absolute atomic E-state index is 12.2. The smallest absolute Gasteiger partial charge is 0.220 e. The second-order valence-corrected chi connectivity index (χ2v) is 11.0. The molecule has 1 amide bonds. The van der Waals surface area contributed by atoms with Crippen LogP contribution in [0.25, 0.3) is 0 Å². The van der Waals surface area contributed by atoms with Gasteiger partial charge in [-0.25, -0.2) is 0 Å². The first kappa shape index (κ1) is 39.8. The van der Waals surface area contributed by atoms with Crippen LogP contribution in [0.1, 0.15) is 129 Å². The largest absolute Gasteiger partial charge is 0.394 e. The molecule has 0 aliphatic heterocycles. The molecule has 0 aromatic carbocycles. The number of aliphatic hydroxyl groups is 3. The van der Waals surface area contributed by atoms with Gasteiger partial charge in [-0.1, -0.05) is 145 Å². The predicted molar refractivity (Wildman–Crippen MR) is 180 cm³/mol. The summed E-state index contributed by atoms with van der Waals surface area (Å²) in [6.07, 6.45) is 42.1. The molecule has 0 fully saturated rings. The number of hydrogen-bond acceptors (Lipinski definition) is 4. The quantitative estimate of drug-likeness (QED) is 0.0420. The van der Waals surface area contributed by atoms with Gasteiger partial charge in [0.2, 0.25) is 5.91 Å². The van der Waals surface area contributed by atoms with E-state index in [1.54, 1.807) is 12.2 Å². The summed E-state index contributed by atoms with van der Waals surface area (Å²) in [6, 6.07) is -0.663. The topological polar surface area (TPSA) is 89.8 Å². The SMILES string of the molecule is CCCCCCCCCCCC/C=C/[C@@H](O)[C@H](CO)NC(=O)CCC/C=C\C/C=C\C/C=C\C/C=C\C=C\[C@H](O)CC. The van der Waals surface area contributed by atoms with Crippen LogP contribution in [0, 0.1) is 0 Å². The number of aliphatic hydroxyl groups excluding tert-OH is 3. The van der Waals surface area contributed by atoms with Crippen LogP contribution in [0.4, 0.5) is 0 Å². The summed E-state index contributed by atoms with van der Waals surface area (Å²) < 4.78 is 0. The minimum atomic E-state index is -0.872. The Morgan fingerprint density at radius 1 is 0.643 bits per heavy atom. The first-order valence-electron chi connectivity index (χ1n) is 16.8. The van der Waals surface area contributed by atoms with E-state index in [9.17, 15) is 20.1 Å². The lowest BCUT2D eigenvalue weighted by Gasteiger charge is -2.19. The normalized spacial score (nSPS) is 14.9. The van der Waals surface area contributed by atoms with Gasteiger partial charge >= 0.3 is 0 Å². The summed E-state index contributed by atoms with van der Waals surface area (Å²) in [5.41, 5.74) is 0. The molecule has 4 N–H and O–H groups in total. The van der Waals surface area contributed by atoms with E-state index in [0.29, 0.717) is 6.42 Å². The first-order chi connectivity index (χ1) is 20.5. The van der Waals surface area contributed by atoms with E-state index in [2.05, 4.69) is 54.8 Å². The first-order valence-corrected chi connectivity index (χ1v) is 16.8. The van der Waals surface area contributed by atoms with Gasteiger partial charge in [-0.15, -0.1) is 0 Å². The van der Waals surface area contributed by atoms with Crippen LogP contribution in [0.15, 0.2) is 72.9 Å². The number of nitrogens with one attached hydrogen (secondary N) is 1. The second-order valence-electron chi connectivity index (χ2n) is 11.0. The average molecular weight is 586 g/mol. The lowest BCUT2D eigenvalue weighted by Crippen LogP contribution is -2.45. The highest BCUT2D eigenvalue weighted by atomic mass is 16.3. The molecule has 0 unspecified atom stereocenters. The van der Waals surface area contributed by atoms with Gasteiger partial charge in [0.1, 0.15) is 0 Å². The van der Waals surface area contributed by atoms with E-state index < -0.39 is 12.1 Å². The second kappa shape index (κ2) is 31.7. The molecule has 0 spiro atoms. The van der Waals surface area contributed by atoms with E-state index in [-0.39, 0.29) is 18.6 Å². The van der Waals surface area contributed by atoms with Crippen molar-refractivity contribution in [2.24, 2.45) is 0 Å². The Labute approximate surface area is 258 Å². The Balaban J connectivity index is 3.85. The van der Waals surface area contributed by atoms with Crippen molar-refractivity contribution in [3.05, 3.63) is 72.9 Å². The lowest BCUT2D eigenvalue weighted by atomic mass is 10.1. The number of hydrogen-bond donors (Lipinski definition) is 4. The zero-order valence-electron chi connectivity index (χ0n) is 26.8. The standard InChI is InChI=1S/C37H63NO4/c1-3-5-6-7-8-9-10-16-19-22-25-28-31-36(41)35(33-39)38-37(42)32-29-26-23-20-17-14-12-11-13-15-18-21-24-27-30-34(40)4-2/h12-15,20-21,23-24,27-28,30-31,34-36,39-41H,3-11,16-19,22,25-26,29,32-33H2,1-2H3,(H,38,42)/b14-12-,15-13-,23-20-,24-21-,30-27+,31-28+/t34-,35+,36-/m1/s1. The number of carbonyl (C=O) groups is 1.